The van der Waals surface area contributed by atoms with Crippen molar-refractivity contribution in [2.45, 2.75) is 0 Å². The summed E-state index contributed by atoms with van der Waals surface area (Å²) in [4.78, 5) is 25.0. The lowest BCUT2D eigenvalue weighted by Gasteiger charge is -2.19. The fourth-order valence-electron chi connectivity index (χ4n) is 1.72. The molecule has 0 aliphatic rings. The number of nitrogens with one attached hydrogen (secondary N) is 1. The van der Waals surface area contributed by atoms with Crippen molar-refractivity contribution in [2.24, 2.45) is 0 Å². The van der Waals surface area contributed by atoms with E-state index in [1.807, 2.05) is 0 Å². The van der Waals surface area contributed by atoms with E-state index in [0.29, 0.717) is 24.5 Å². The topological polar surface area (TPSA) is 93.9 Å². The Balaban J connectivity index is 2.72. The van der Waals surface area contributed by atoms with Gasteiger partial charge in [-0.1, -0.05) is 0 Å². The summed E-state index contributed by atoms with van der Waals surface area (Å²) in [6.45, 7) is 1.08. The van der Waals surface area contributed by atoms with Crippen LogP contribution < -0.4 is 16.0 Å². The lowest BCUT2D eigenvalue weighted by Crippen LogP contribution is -2.36. The molecule has 7 heteroatoms. The van der Waals surface area contributed by atoms with Crippen molar-refractivity contribution in [2.75, 3.05) is 51.6 Å². The highest BCUT2D eigenvalue weighted by molar-refractivity contribution is 5.96. The molecule has 0 saturated heterocycles. The molecule has 1 amide bonds. The third-order valence-corrected chi connectivity index (χ3v) is 2.89. The third kappa shape index (κ3) is 4.96. The number of rotatable bonds is 7. The molecule has 0 radical (unpaired) electrons. The van der Waals surface area contributed by atoms with E-state index < -0.39 is 5.97 Å². The smallest absolute Gasteiger partial charge is 0.340 e. The normalized spacial score (nSPS) is 10.0. The molecule has 0 aliphatic carbocycles. The maximum atomic E-state index is 11.7. The summed E-state index contributed by atoms with van der Waals surface area (Å²) in [6, 6.07) is 4.95. The molecule has 3 N–H and O–H groups in total. The number of carbonyl (C=O) groups is 2. The zero-order chi connectivity index (χ0) is 15.8. The van der Waals surface area contributed by atoms with Gasteiger partial charge >= 0.3 is 5.97 Å². The van der Waals surface area contributed by atoms with Crippen LogP contribution >= 0.6 is 0 Å². The largest absolute Gasteiger partial charge is 0.465 e. The Morgan fingerprint density at radius 2 is 2.05 bits per heavy atom. The second kappa shape index (κ2) is 8.11. The number of nitrogens with two attached hydrogens (primary N) is 1. The van der Waals surface area contributed by atoms with Crippen molar-refractivity contribution in [3.05, 3.63) is 23.8 Å². The molecule has 0 aromatic heterocycles. The first-order valence-corrected chi connectivity index (χ1v) is 6.44. The molecule has 116 valence electrons. The number of nitrogen functional groups attached to an aromatic ring is 1. The van der Waals surface area contributed by atoms with Gasteiger partial charge in [0.15, 0.2) is 0 Å². The summed E-state index contributed by atoms with van der Waals surface area (Å²) in [7, 11) is 4.62. The van der Waals surface area contributed by atoms with E-state index in [1.54, 1.807) is 37.3 Å². The fraction of sp³-hybridized carbons (Fsp3) is 0.429. The average Bonchev–Trinajstić information content (AvgIpc) is 2.47. The van der Waals surface area contributed by atoms with Gasteiger partial charge in [0.05, 0.1) is 25.8 Å². The zero-order valence-corrected chi connectivity index (χ0v) is 12.5. The number of hydrogen-bond donors (Lipinski definition) is 2. The second-order valence-electron chi connectivity index (χ2n) is 4.46. The van der Waals surface area contributed by atoms with Crippen LogP contribution in [-0.4, -0.2) is 52.8 Å². The molecule has 1 aromatic carbocycles. The number of methoxy groups -OCH3 is 2. The van der Waals surface area contributed by atoms with Gasteiger partial charge in [-0.05, 0) is 18.2 Å². The van der Waals surface area contributed by atoms with E-state index in [9.17, 15) is 9.59 Å². The number of hydrogen-bond acceptors (Lipinski definition) is 6. The fourth-order valence-corrected chi connectivity index (χ4v) is 1.72. The van der Waals surface area contributed by atoms with E-state index in [-0.39, 0.29) is 18.0 Å². The maximum Gasteiger partial charge on any atom is 0.340 e. The van der Waals surface area contributed by atoms with Crippen LogP contribution in [0, 0.1) is 0 Å². The molecular formula is C14H21N3O4. The number of carbonyl (C=O) groups excluding carboxylic acids is 2. The number of benzene rings is 1. The summed E-state index contributed by atoms with van der Waals surface area (Å²) in [5, 5.41) is 2.72. The van der Waals surface area contributed by atoms with E-state index in [0.717, 1.165) is 0 Å². The predicted octanol–water partition coefficient (Wildman–Crippen LogP) is 0.254. The molecule has 1 aromatic rings. The minimum absolute atomic E-state index is 0.133. The summed E-state index contributed by atoms with van der Waals surface area (Å²) in [6.07, 6.45) is 0. The Morgan fingerprint density at radius 1 is 1.33 bits per heavy atom. The molecule has 0 aliphatic heterocycles. The molecule has 21 heavy (non-hydrogen) atoms. The summed E-state index contributed by atoms with van der Waals surface area (Å²) in [5.74, 6) is -0.640. The van der Waals surface area contributed by atoms with Gasteiger partial charge < -0.3 is 25.4 Å². The van der Waals surface area contributed by atoms with Gasteiger partial charge in [0.25, 0.3) is 0 Å². The van der Waals surface area contributed by atoms with Crippen LogP contribution in [0.1, 0.15) is 10.4 Å². The first kappa shape index (κ1) is 16.8. The van der Waals surface area contributed by atoms with Crippen LogP contribution in [0.5, 0.6) is 0 Å². The van der Waals surface area contributed by atoms with E-state index in [1.165, 1.54) is 7.11 Å². The highest BCUT2D eigenvalue weighted by Gasteiger charge is 2.13. The SMILES string of the molecule is COCCNC(=O)CN(C)c1ccc(N)c(C(=O)OC)c1. The van der Waals surface area contributed by atoms with Gasteiger partial charge in [0.1, 0.15) is 0 Å². The Hall–Kier alpha value is -2.28. The van der Waals surface area contributed by atoms with Gasteiger partial charge in [-0.3, -0.25) is 4.79 Å². The van der Waals surface area contributed by atoms with Gasteiger partial charge in [0, 0.05) is 32.1 Å². The maximum absolute atomic E-state index is 11.7. The second-order valence-corrected chi connectivity index (χ2v) is 4.46. The monoisotopic (exact) mass is 295 g/mol. The highest BCUT2D eigenvalue weighted by Crippen LogP contribution is 2.21. The van der Waals surface area contributed by atoms with Gasteiger partial charge in [0.2, 0.25) is 5.91 Å². The van der Waals surface area contributed by atoms with Crippen LogP contribution in [0.25, 0.3) is 0 Å². The lowest BCUT2D eigenvalue weighted by molar-refractivity contribution is -0.119. The Bertz CT molecular complexity index is 505. The number of ether oxygens (including phenoxy) is 2. The molecule has 1 rings (SSSR count). The Labute approximate surface area is 124 Å². The van der Waals surface area contributed by atoms with Crippen molar-refractivity contribution in [3.8, 4) is 0 Å². The van der Waals surface area contributed by atoms with Crippen LogP contribution in [0.15, 0.2) is 18.2 Å². The molecule has 0 bridgehead atoms. The minimum atomic E-state index is -0.507. The quantitative estimate of drug-likeness (QED) is 0.425. The molecule has 0 atom stereocenters. The number of nitrogens with zero attached hydrogens (tertiary/aromatic N) is 1. The molecule has 0 spiro atoms. The molecule has 0 unspecified atom stereocenters. The number of amides is 1. The number of anilines is 2. The minimum Gasteiger partial charge on any atom is -0.465 e. The molecular weight excluding hydrogens is 274 g/mol. The summed E-state index contributed by atoms with van der Waals surface area (Å²) >= 11 is 0. The first-order valence-electron chi connectivity index (χ1n) is 6.44. The third-order valence-electron chi connectivity index (χ3n) is 2.89. The molecule has 0 fully saturated rings. The average molecular weight is 295 g/mol. The predicted molar refractivity (Wildman–Crippen MR) is 80.3 cm³/mol. The summed E-state index contributed by atoms with van der Waals surface area (Å²) < 4.78 is 9.52. The van der Waals surface area contributed by atoms with Crippen molar-refractivity contribution in [3.63, 3.8) is 0 Å². The van der Waals surface area contributed by atoms with Crippen molar-refractivity contribution < 1.29 is 19.1 Å². The van der Waals surface area contributed by atoms with Gasteiger partial charge in [-0.25, -0.2) is 4.79 Å². The summed E-state index contributed by atoms with van der Waals surface area (Å²) in [5.41, 5.74) is 7.05. The highest BCUT2D eigenvalue weighted by atomic mass is 16.5. The standard InChI is InChI=1S/C14H21N3O4/c1-17(9-13(18)16-6-7-20-2)10-4-5-12(15)11(8-10)14(19)21-3/h4-5,8H,6-7,9,15H2,1-3H3,(H,16,18). The van der Waals surface area contributed by atoms with Crippen LogP contribution in [0.4, 0.5) is 11.4 Å². The van der Waals surface area contributed by atoms with Crippen molar-refractivity contribution >= 4 is 23.3 Å². The van der Waals surface area contributed by atoms with E-state index >= 15 is 0 Å². The van der Waals surface area contributed by atoms with E-state index in [2.05, 4.69) is 10.1 Å². The molecule has 0 heterocycles. The van der Waals surface area contributed by atoms with Crippen LogP contribution in [0.2, 0.25) is 0 Å². The van der Waals surface area contributed by atoms with Crippen LogP contribution in [0.3, 0.4) is 0 Å². The Morgan fingerprint density at radius 3 is 2.67 bits per heavy atom. The lowest BCUT2D eigenvalue weighted by atomic mass is 10.1. The Kier molecular flexibility index (Phi) is 6.48. The molecule has 7 nitrogen and oxygen atoms in total. The van der Waals surface area contributed by atoms with Gasteiger partial charge in [-0.15, -0.1) is 0 Å². The van der Waals surface area contributed by atoms with Crippen molar-refractivity contribution in [1.29, 1.82) is 0 Å². The van der Waals surface area contributed by atoms with E-state index in [4.69, 9.17) is 10.5 Å². The van der Waals surface area contributed by atoms with Crippen molar-refractivity contribution in [1.82, 2.24) is 5.32 Å². The first-order chi connectivity index (χ1) is 9.99. The molecule has 0 saturated carbocycles. The number of likely N-dealkylation sites (N-methyl/N-ethyl adjacent to an activating group) is 1. The van der Waals surface area contributed by atoms with Crippen LogP contribution in [-0.2, 0) is 14.3 Å². The number of esters is 1. The zero-order valence-electron chi connectivity index (χ0n) is 12.5. The van der Waals surface area contributed by atoms with Gasteiger partial charge in [-0.2, -0.15) is 0 Å².